The molecule has 0 unspecified atom stereocenters. The van der Waals surface area contributed by atoms with E-state index in [0.29, 0.717) is 14.8 Å². The highest BCUT2D eigenvalue weighted by Gasteiger charge is 2.15. The quantitative estimate of drug-likeness (QED) is 0.362. The van der Waals surface area contributed by atoms with E-state index in [1.54, 1.807) is 26.0 Å². The highest BCUT2D eigenvalue weighted by atomic mass is 32.1. The van der Waals surface area contributed by atoms with E-state index < -0.39 is 10.9 Å². The lowest BCUT2D eigenvalue weighted by Gasteiger charge is -1.99. The average Bonchev–Trinajstić information content (AvgIpc) is 3.12. The number of carbonyl (C=O) groups is 2. The number of hydrogen-bond acceptors (Lipinski definition) is 7. The second-order valence-electron chi connectivity index (χ2n) is 4.60. The van der Waals surface area contributed by atoms with Gasteiger partial charge in [0.25, 0.3) is 0 Å². The van der Waals surface area contributed by atoms with Crippen LogP contribution < -0.4 is 5.32 Å². The molecule has 0 fully saturated rings. The molecule has 0 radical (unpaired) electrons. The summed E-state index contributed by atoms with van der Waals surface area (Å²) in [4.78, 5) is 34.8. The predicted octanol–water partition coefficient (Wildman–Crippen LogP) is 3.85. The van der Waals surface area contributed by atoms with Crippen molar-refractivity contribution in [3.05, 3.63) is 49.7 Å². The topological polar surface area (TPSA) is 98.5 Å². The van der Waals surface area contributed by atoms with Crippen molar-refractivity contribution in [1.29, 1.82) is 0 Å². The first-order chi connectivity index (χ1) is 11.4. The SMILES string of the molecule is CCOC(=O)c1sc(NC(=O)C=Cc2ccc([N+](=O)[O-])s2)cc1C. The van der Waals surface area contributed by atoms with Gasteiger partial charge in [0, 0.05) is 17.0 Å². The van der Waals surface area contributed by atoms with Crippen molar-refractivity contribution < 1.29 is 19.2 Å². The minimum absolute atomic E-state index is 0.0167. The number of aryl methyl sites for hydroxylation is 1. The summed E-state index contributed by atoms with van der Waals surface area (Å²) in [6, 6.07) is 4.65. The molecule has 0 aliphatic rings. The fourth-order valence-corrected chi connectivity index (χ4v) is 3.49. The predicted molar refractivity (Wildman–Crippen MR) is 93.6 cm³/mol. The van der Waals surface area contributed by atoms with Gasteiger partial charge in [-0.25, -0.2) is 4.79 Å². The number of rotatable bonds is 6. The lowest BCUT2D eigenvalue weighted by atomic mass is 10.3. The summed E-state index contributed by atoms with van der Waals surface area (Å²) < 4.78 is 4.95. The zero-order chi connectivity index (χ0) is 17.7. The molecule has 0 saturated carbocycles. The molecule has 0 atom stereocenters. The van der Waals surface area contributed by atoms with E-state index in [2.05, 4.69) is 5.32 Å². The standard InChI is InChI=1S/C15H14N2O5S2/c1-3-22-15(19)14-9(2)8-12(24-14)16-11(18)6-4-10-5-7-13(23-10)17(20)21/h4-8H,3H2,1-2H3,(H,16,18). The molecule has 0 saturated heterocycles. The molecule has 0 spiro atoms. The van der Waals surface area contributed by atoms with Crippen molar-refractivity contribution >= 4 is 50.6 Å². The van der Waals surface area contributed by atoms with Crippen LogP contribution in [0.1, 0.15) is 27.0 Å². The van der Waals surface area contributed by atoms with Crippen LogP contribution in [0.15, 0.2) is 24.3 Å². The van der Waals surface area contributed by atoms with Crippen molar-refractivity contribution in [2.75, 3.05) is 11.9 Å². The Kier molecular flexibility index (Phi) is 5.83. The van der Waals surface area contributed by atoms with Gasteiger partial charge in [-0.05, 0) is 37.6 Å². The molecular formula is C15H14N2O5S2. The zero-order valence-corrected chi connectivity index (χ0v) is 14.5. The highest BCUT2D eigenvalue weighted by molar-refractivity contribution is 7.18. The van der Waals surface area contributed by atoms with Gasteiger partial charge in [-0.15, -0.1) is 11.3 Å². The normalized spacial score (nSPS) is 10.8. The Labute approximate surface area is 145 Å². The molecule has 2 rings (SSSR count). The van der Waals surface area contributed by atoms with Crippen molar-refractivity contribution in [2.24, 2.45) is 0 Å². The lowest BCUT2D eigenvalue weighted by molar-refractivity contribution is -0.380. The Morgan fingerprint density at radius 2 is 2.12 bits per heavy atom. The largest absolute Gasteiger partial charge is 0.462 e. The van der Waals surface area contributed by atoms with E-state index >= 15 is 0 Å². The summed E-state index contributed by atoms with van der Waals surface area (Å²) >= 11 is 2.12. The number of thiophene rings is 2. The Hall–Kier alpha value is -2.52. The summed E-state index contributed by atoms with van der Waals surface area (Å²) in [5, 5.41) is 13.8. The van der Waals surface area contributed by atoms with Crippen molar-refractivity contribution in [3.63, 3.8) is 0 Å². The van der Waals surface area contributed by atoms with Gasteiger partial charge in [-0.1, -0.05) is 11.3 Å². The lowest BCUT2D eigenvalue weighted by Crippen LogP contribution is -2.06. The number of esters is 1. The van der Waals surface area contributed by atoms with Crippen molar-refractivity contribution in [2.45, 2.75) is 13.8 Å². The minimum atomic E-state index is -0.479. The molecule has 2 aromatic heterocycles. The Morgan fingerprint density at radius 1 is 1.38 bits per heavy atom. The van der Waals surface area contributed by atoms with Crippen LogP contribution in [0.4, 0.5) is 10.0 Å². The molecule has 24 heavy (non-hydrogen) atoms. The maximum Gasteiger partial charge on any atom is 0.348 e. The second-order valence-corrected chi connectivity index (χ2v) is 6.74. The summed E-state index contributed by atoms with van der Waals surface area (Å²) in [6.07, 6.45) is 2.79. The molecule has 0 aliphatic heterocycles. The Bertz CT molecular complexity index is 807. The van der Waals surface area contributed by atoms with Crippen LogP contribution in [0.2, 0.25) is 0 Å². The van der Waals surface area contributed by atoms with Crippen molar-refractivity contribution in [3.8, 4) is 0 Å². The average molecular weight is 366 g/mol. The molecule has 1 amide bonds. The second kappa shape index (κ2) is 7.84. The third-order valence-corrected chi connectivity index (χ3v) is 4.95. The number of nitro groups is 1. The van der Waals surface area contributed by atoms with Crippen LogP contribution in [0, 0.1) is 17.0 Å². The fraction of sp³-hybridized carbons (Fsp3) is 0.200. The number of nitrogens with one attached hydrogen (secondary N) is 1. The van der Waals surface area contributed by atoms with Gasteiger partial charge in [-0.2, -0.15) is 0 Å². The van der Waals surface area contributed by atoms with E-state index in [-0.39, 0.29) is 17.5 Å². The number of ether oxygens (including phenoxy) is 1. The summed E-state index contributed by atoms with van der Waals surface area (Å²) in [5.41, 5.74) is 0.728. The molecule has 9 heteroatoms. The first kappa shape index (κ1) is 17.8. The van der Waals surface area contributed by atoms with Gasteiger partial charge in [-0.3, -0.25) is 14.9 Å². The number of nitrogens with zero attached hydrogens (tertiary/aromatic N) is 1. The highest BCUT2D eigenvalue weighted by Crippen LogP contribution is 2.28. The van der Waals surface area contributed by atoms with Gasteiger partial charge in [0.1, 0.15) is 4.88 Å². The fourth-order valence-electron chi connectivity index (χ4n) is 1.79. The number of amides is 1. The molecule has 2 aromatic rings. The van der Waals surface area contributed by atoms with Crippen LogP contribution in [0.5, 0.6) is 0 Å². The summed E-state index contributed by atoms with van der Waals surface area (Å²) in [5.74, 6) is -0.801. The third kappa shape index (κ3) is 4.49. The summed E-state index contributed by atoms with van der Waals surface area (Å²) in [7, 11) is 0. The zero-order valence-electron chi connectivity index (χ0n) is 12.9. The number of anilines is 1. The van der Waals surface area contributed by atoms with Gasteiger partial charge in [0.15, 0.2) is 0 Å². The maximum absolute atomic E-state index is 11.9. The van der Waals surface area contributed by atoms with Crippen LogP contribution in [-0.4, -0.2) is 23.4 Å². The molecule has 126 valence electrons. The van der Waals surface area contributed by atoms with Crippen LogP contribution >= 0.6 is 22.7 Å². The van der Waals surface area contributed by atoms with E-state index in [9.17, 15) is 19.7 Å². The molecule has 2 heterocycles. The smallest absolute Gasteiger partial charge is 0.348 e. The molecule has 0 aliphatic carbocycles. The van der Waals surface area contributed by atoms with Crippen LogP contribution in [0.3, 0.4) is 0 Å². The molecule has 0 aromatic carbocycles. The Balaban J connectivity index is 2.01. The maximum atomic E-state index is 11.9. The molecule has 0 bridgehead atoms. The Morgan fingerprint density at radius 3 is 2.75 bits per heavy atom. The van der Waals surface area contributed by atoms with Crippen LogP contribution in [-0.2, 0) is 9.53 Å². The van der Waals surface area contributed by atoms with Gasteiger partial charge in [0.05, 0.1) is 16.5 Å². The van der Waals surface area contributed by atoms with Gasteiger partial charge < -0.3 is 10.1 Å². The molecule has 7 nitrogen and oxygen atoms in total. The molecular weight excluding hydrogens is 352 g/mol. The first-order valence-corrected chi connectivity index (χ1v) is 8.55. The van der Waals surface area contributed by atoms with Gasteiger partial charge >= 0.3 is 11.0 Å². The minimum Gasteiger partial charge on any atom is -0.462 e. The van der Waals surface area contributed by atoms with E-state index in [0.717, 1.165) is 28.2 Å². The molecule has 1 N–H and O–H groups in total. The third-order valence-electron chi connectivity index (χ3n) is 2.82. The summed E-state index contributed by atoms with van der Waals surface area (Å²) in [6.45, 7) is 3.77. The van der Waals surface area contributed by atoms with Crippen molar-refractivity contribution in [1.82, 2.24) is 0 Å². The monoisotopic (exact) mass is 366 g/mol. The van der Waals surface area contributed by atoms with E-state index in [4.69, 9.17) is 4.74 Å². The number of hydrogen-bond donors (Lipinski definition) is 1. The van der Waals surface area contributed by atoms with Gasteiger partial charge in [0.2, 0.25) is 5.91 Å². The first-order valence-electron chi connectivity index (χ1n) is 6.91. The van der Waals surface area contributed by atoms with Crippen LogP contribution in [0.25, 0.3) is 6.08 Å². The van der Waals surface area contributed by atoms with E-state index in [1.807, 2.05) is 0 Å². The number of carbonyl (C=O) groups excluding carboxylic acids is 2. The van der Waals surface area contributed by atoms with E-state index in [1.165, 1.54) is 18.2 Å².